The molecule has 0 aromatic carbocycles. The number of hydrogen-bond acceptors (Lipinski definition) is 4. The van der Waals surface area contributed by atoms with Gasteiger partial charge in [0.15, 0.2) is 12.0 Å². The summed E-state index contributed by atoms with van der Waals surface area (Å²) in [7, 11) is 0. The van der Waals surface area contributed by atoms with Crippen LogP contribution in [0.3, 0.4) is 0 Å². The summed E-state index contributed by atoms with van der Waals surface area (Å²) in [6.45, 7) is 4.30. The molecule has 1 aromatic heterocycles. The van der Waals surface area contributed by atoms with Crippen molar-refractivity contribution in [2.24, 2.45) is 0 Å². The van der Waals surface area contributed by atoms with Gasteiger partial charge in [-0.15, -0.1) is 6.58 Å². The fourth-order valence-corrected chi connectivity index (χ4v) is 3.17. The number of carbonyl (C=O) groups is 1. The van der Waals surface area contributed by atoms with Gasteiger partial charge in [0, 0.05) is 18.5 Å². The topological polar surface area (TPSA) is 69.8 Å². The fourth-order valence-electron chi connectivity index (χ4n) is 3.17. The summed E-state index contributed by atoms with van der Waals surface area (Å²) in [5.41, 5.74) is 0. The van der Waals surface area contributed by atoms with E-state index in [0.29, 0.717) is 18.3 Å². The lowest BCUT2D eigenvalue weighted by atomic mass is 9.87. The lowest BCUT2D eigenvalue weighted by Gasteiger charge is -2.18. The number of β-amino-alcohol motifs (C(OH)–C–C–N with tert-alkyl or cyclic N) is 1. The summed E-state index contributed by atoms with van der Waals surface area (Å²) in [5, 5.41) is 14.1. The van der Waals surface area contributed by atoms with E-state index in [9.17, 15) is 9.90 Å². The van der Waals surface area contributed by atoms with Crippen LogP contribution < -0.4 is 4.90 Å². The molecule has 2 heterocycles. The monoisotopic (exact) mass is 291 g/mol. The Balaban J connectivity index is 1.76. The Morgan fingerprint density at radius 1 is 1.43 bits per heavy atom. The van der Waals surface area contributed by atoms with Gasteiger partial charge in [-0.05, 0) is 12.8 Å². The Bertz CT molecular complexity index is 522. The first-order valence-corrected chi connectivity index (χ1v) is 7.54. The third-order valence-electron chi connectivity index (χ3n) is 4.28. The highest BCUT2D eigenvalue weighted by molar-refractivity contribution is 5.93. The number of hydrogen-bond donors (Lipinski definition) is 1. The Kier molecular flexibility index (Phi) is 3.96. The molecule has 2 amide bonds. The molecule has 1 aliphatic heterocycles. The van der Waals surface area contributed by atoms with Crippen LogP contribution in [0, 0.1) is 0 Å². The summed E-state index contributed by atoms with van der Waals surface area (Å²) < 4.78 is 5.41. The van der Waals surface area contributed by atoms with Gasteiger partial charge in [0.2, 0.25) is 0 Å². The van der Waals surface area contributed by atoms with Crippen molar-refractivity contribution in [1.29, 1.82) is 0 Å². The maximum atomic E-state index is 12.3. The van der Waals surface area contributed by atoms with Gasteiger partial charge >= 0.3 is 6.03 Å². The molecule has 1 N–H and O–H groups in total. The predicted octanol–water partition coefficient (Wildman–Crippen LogP) is 2.47. The Morgan fingerprint density at radius 3 is 2.90 bits per heavy atom. The quantitative estimate of drug-likeness (QED) is 0.865. The van der Waals surface area contributed by atoms with Crippen LogP contribution in [0.15, 0.2) is 23.2 Å². The number of amides is 2. The number of rotatable bonds is 4. The highest BCUT2D eigenvalue weighted by Crippen LogP contribution is 2.35. The Hall–Kier alpha value is -1.82. The van der Waals surface area contributed by atoms with Crippen molar-refractivity contribution in [3.8, 4) is 0 Å². The van der Waals surface area contributed by atoms with Gasteiger partial charge in [0.05, 0.1) is 6.54 Å². The minimum atomic E-state index is -0.887. The van der Waals surface area contributed by atoms with Crippen LogP contribution in [0.5, 0.6) is 0 Å². The molecule has 1 aromatic rings. The van der Waals surface area contributed by atoms with E-state index in [1.54, 1.807) is 12.1 Å². The molecule has 6 heteroatoms. The van der Waals surface area contributed by atoms with Gasteiger partial charge in [-0.25, -0.2) is 9.69 Å². The molecular weight excluding hydrogens is 270 g/mol. The molecule has 114 valence electrons. The van der Waals surface area contributed by atoms with Crippen LogP contribution in [0.2, 0.25) is 0 Å². The Morgan fingerprint density at radius 2 is 2.19 bits per heavy atom. The summed E-state index contributed by atoms with van der Waals surface area (Å²) >= 11 is 0. The summed E-state index contributed by atoms with van der Waals surface area (Å²) in [6.07, 6.45) is 6.66. The molecule has 21 heavy (non-hydrogen) atoms. The Labute approximate surface area is 124 Å². The first-order valence-electron chi connectivity index (χ1n) is 7.54. The molecule has 0 radical (unpaired) electrons. The number of aromatic nitrogens is 1. The summed E-state index contributed by atoms with van der Waals surface area (Å²) in [4.78, 5) is 15.1. The second-order valence-electron chi connectivity index (χ2n) is 5.75. The van der Waals surface area contributed by atoms with E-state index < -0.39 is 6.23 Å². The summed E-state index contributed by atoms with van der Waals surface area (Å²) in [5.74, 6) is 1.62. The zero-order chi connectivity index (χ0) is 14.8. The van der Waals surface area contributed by atoms with E-state index in [2.05, 4.69) is 11.7 Å². The van der Waals surface area contributed by atoms with E-state index >= 15 is 0 Å². The van der Waals surface area contributed by atoms with Crippen LogP contribution >= 0.6 is 0 Å². The lowest BCUT2D eigenvalue weighted by Crippen LogP contribution is -2.35. The standard InChI is InChI=1S/C15H21N3O3/c1-2-8-17-10-14(19)18(15(17)20)13-9-12(21-16-13)11-6-4-3-5-7-11/h2,9,11,14,19H,1,3-8,10H2. The van der Waals surface area contributed by atoms with Crippen LogP contribution in [-0.4, -0.2) is 40.5 Å². The first-order chi connectivity index (χ1) is 10.2. The normalized spacial score (nSPS) is 23.9. The zero-order valence-electron chi connectivity index (χ0n) is 12.1. The minimum absolute atomic E-state index is 0.258. The van der Waals surface area contributed by atoms with Crippen molar-refractivity contribution in [2.75, 3.05) is 18.0 Å². The van der Waals surface area contributed by atoms with Crippen molar-refractivity contribution in [2.45, 2.75) is 44.2 Å². The molecule has 1 saturated carbocycles. The first kappa shape index (κ1) is 14.1. The second kappa shape index (κ2) is 5.89. The van der Waals surface area contributed by atoms with Crippen molar-refractivity contribution < 1.29 is 14.4 Å². The molecule has 0 spiro atoms. The van der Waals surface area contributed by atoms with Gasteiger partial charge in [-0.1, -0.05) is 30.5 Å². The molecule has 6 nitrogen and oxygen atoms in total. The SMILES string of the molecule is C=CCN1CC(O)N(c2cc(C3CCCCC3)on2)C1=O. The molecule has 1 unspecified atom stereocenters. The fraction of sp³-hybridized carbons (Fsp3) is 0.600. The highest BCUT2D eigenvalue weighted by Gasteiger charge is 2.38. The number of aliphatic hydroxyl groups is 1. The van der Waals surface area contributed by atoms with Gasteiger partial charge < -0.3 is 14.5 Å². The van der Waals surface area contributed by atoms with E-state index in [-0.39, 0.29) is 12.6 Å². The maximum absolute atomic E-state index is 12.3. The average Bonchev–Trinajstić information content (AvgIpc) is 3.06. The van der Waals surface area contributed by atoms with E-state index in [0.717, 1.165) is 18.6 Å². The molecule has 2 fully saturated rings. The average molecular weight is 291 g/mol. The number of urea groups is 1. The molecule has 2 aliphatic rings. The number of nitrogens with zero attached hydrogens (tertiary/aromatic N) is 3. The third-order valence-corrected chi connectivity index (χ3v) is 4.28. The molecule has 1 atom stereocenters. The minimum Gasteiger partial charge on any atom is -0.371 e. The molecular formula is C15H21N3O3. The molecule has 1 saturated heterocycles. The molecule has 0 bridgehead atoms. The van der Waals surface area contributed by atoms with Crippen molar-refractivity contribution in [3.05, 3.63) is 24.5 Å². The van der Waals surface area contributed by atoms with E-state index in [1.807, 2.05) is 0 Å². The number of aliphatic hydroxyl groups excluding tert-OH is 1. The number of carbonyl (C=O) groups excluding carboxylic acids is 1. The van der Waals surface area contributed by atoms with Crippen LogP contribution in [0.1, 0.15) is 43.8 Å². The zero-order valence-corrected chi connectivity index (χ0v) is 12.1. The highest BCUT2D eigenvalue weighted by atomic mass is 16.5. The van der Waals surface area contributed by atoms with Gasteiger partial charge in [0.1, 0.15) is 5.76 Å². The second-order valence-corrected chi connectivity index (χ2v) is 5.75. The third kappa shape index (κ3) is 2.68. The predicted molar refractivity (Wildman–Crippen MR) is 78.0 cm³/mol. The smallest absolute Gasteiger partial charge is 0.328 e. The largest absolute Gasteiger partial charge is 0.371 e. The van der Waals surface area contributed by atoms with Gasteiger partial charge in [-0.3, -0.25) is 0 Å². The number of anilines is 1. The van der Waals surface area contributed by atoms with Gasteiger partial charge in [0.25, 0.3) is 0 Å². The van der Waals surface area contributed by atoms with Crippen molar-refractivity contribution in [3.63, 3.8) is 0 Å². The van der Waals surface area contributed by atoms with Crippen LogP contribution in [-0.2, 0) is 0 Å². The maximum Gasteiger partial charge on any atom is 0.328 e. The van der Waals surface area contributed by atoms with E-state index in [4.69, 9.17) is 4.52 Å². The van der Waals surface area contributed by atoms with Crippen LogP contribution in [0.4, 0.5) is 10.6 Å². The molecule has 1 aliphatic carbocycles. The van der Waals surface area contributed by atoms with E-state index in [1.165, 1.54) is 29.1 Å². The lowest BCUT2D eigenvalue weighted by molar-refractivity contribution is 0.179. The van der Waals surface area contributed by atoms with Gasteiger partial charge in [-0.2, -0.15) is 0 Å². The molecule has 3 rings (SSSR count). The van der Waals surface area contributed by atoms with Crippen LogP contribution in [0.25, 0.3) is 0 Å². The van der Waals surface area contributed by atoms with Crippen molar-refractivity contribution in [1.82, 2.24) is 10.1 Å². The summed E-state index contributed by atoms with van der Waals surface area (Å²) in [6, 6.07) is 1.54. The van der Waals surface area contributed by atoms with Crippen molar-refractivity contribution >= 4 is 11.8 Å².